The Kier molecular flexibility index (Phi) is 19.8. The van der Waals surface area contributed by atoms with E-state index in [9.17, 15) is 62.2 Å². The van der Waals surface area contributed by atoms with Crippen LogP contribution >= 0.6 is 0 Å². The van der Waals surface area contributed by atoms with Crippen LogP contribution in [0.15, 0.2) is 72.8 Å². The molecule has 0 aliphatic heterocycles. The van der Waals surface area contributed by atoms with Crippen LogP contribution < -0.4 is 9.47 Å². The van der Waals surface area contributed by atoms with Gasteiger partial charge in [-0.1, -0.05) is 89.3 Å². The van der Waals surface area contributed by atoms with E-state index in [2.05, 4.69) is 11.7 Å². The molecule has 3 aromatic rings. The van der Waals surface area contributed by atoms with E-state index in [1.807, 2.05) is 50.2 Å². The fourth-order valence-corrected chi connectivity index (χ4v) is 6.72. The SMILES string of the molecule is CCCCCCCCOc1ccc(C(CC(C)c2ccc(OCC(C(F)(F)F)C(F)(F)C(F)(F)C(F)(F)C(F)(F)C(F)F)cc2)CC(CC)c2ccc(O)cc2)cc1.FF. The maximum absolute atomic E-state index is 14.5. The summed E-state index contributed by atoms with van der Waals surface area (Å²) in [4.78, 5) is 0. The maximum Gasteiger partial charge on any atom is 0.401 e. The van der Waals surface area contributed by atoms with E-state index in [1.54, 1.807) is 12.1 Å². The molecule has 0 fully saturated rings. The quantitative estimate of drug-likeness (QED) is 0.0719. The van der Waals surface area contributed by atoms with Crippen molar-refractivity contribution >= 4 is 0 Å². The van der Waals surface area contributed by atoms with Gasteiger partial charge in [0.05, 0.1) is 6.61 Å². The lowest BCUT2D eigenvalue weighted by atomic mass is 9.78. The zero-order valence-corrected chi connectivity index (χ0v) is 33.0. The molecule has 3 rings (SSSR count). The molecule has 0 aromatic heterocycles. The van der Waals surface area contributed by atoms with E-state index >= 15 is 0 Å². The molecule has 0 radical (unpaired) electrons. The van der Waals surface area contributed by atoms with Crippen molar-refractivity contribution in [3.8, 4) is 17.2 Å². The number of phenolic OH excluding ortho intramolecular Hbond substituents is 1. The zero-order valence-electron chi connectivity index (χ0n) is 33.0. The van der Waals surface area contributed by atoms with Gasteiger partial charge in [-0.25, -0.2) is 8.78 Å². The van der Waals surface area contributed by atoms with Crippen LogP contribution in [-0.2, 0) is 0 Å². The Balaban J connectivity index is 0.00000610. The minimum absolute atomic E-state index is 0.0654. The number of aromatic hydroxyl groups is 1. The van der Waals surface area contributed by atoms with Crippen molar-refractivity contribution < 1.29 is 80.8 Å². The van der Waals surface area contributed by atoms with Crippen LogP contribution in [0.3, 0.4) is 0 Å². The van der Waals surface area contributed by atoms with Gasteiger partial charge in [-0.3, -0.25) is 0 Å². The number of rotatable bonds is 24. The number of hydrogen-bond acceptors (Lipinski definition) is 3. The van der Waals surface area contributed by atoms with Gasteiger partial charge in [0.15, 0.2) is 5.92 Å². The lowest BCUT2D eigenvalue weighted by Crippen LogP contribution is -2.67. The van der Waals surface area contributed by atoms with Gasteiger partial charge in [0.1, 0.15) is 23.9 Å². The number of halogens is 15. The lowest BCUT2D eigenvalue weighted by Gasteiger charge is -2.39. The minimum Gasteiger partial charge on any atom is -0.508 e. The average Bonchev–Trinajstić information content (AvgIpc) is 3.20. The second kappa shape index (κ2) is 22.7. The maximum atomic E-state index is 14.5. The molecular weight excluding hydrogens is 837 g/mol. The molecule has 0 heterocycles. The first-order valence-electron chi connectivity index (χ1n) is 19.3. The highest BCUT2D eigenvalue weighted by atomic mass is 20.0. The van der Waals surface area contributed by atoms with Crippen LogP contribution in [0.4, 0.5) is 66.2 Å². The molecule has 4 unspecified atom stereocenters. The highest BCUT2D eigenvalue weighted by Crippen LogP contribution is 2.58. The van der Waals surface area contributed by atoms with Gasteiger partial charge in [0, 0.05) is 9.15 Å². The zero-order chi connectivity index (χ0) is 45.5. The summed E-state index contributed by atoms with van der Waals surface area (Å²) in [6, 6.07) is 19.4. The van der Waals surface area contributed by atoms with Gasteiger partial charge in [-0.2, -0.15) is 48.3 Å². The Bertz CT molecular complexity index is 1650. The Labute approximate surface area is 339 Å². The van der Waals surface area contributed by atoms with Crippen molar-refractivity contribution in [2.24, 2.45) is 5.92 Å². The molecular formula is C42H49F15O3. The molecule has 3 nitrogen and oxygen atoms in total. The van der Waals surface area contributed by atoms with Gasteiger partial charge in [-0.05, 0) is 96.5 Å². The number of hydrogen-bond donors (Lipinski definition) is 1. The molecule has 0 amide bonds. The number of benzene rings is 3. The van der Waals surface area contributed by atoms with E-state index in [-0.39, 0.29) is 23.5 Å². The highest BCUT2D eigenvalue weighted by Gasteiger charge is 2.85. The molecule has 0 aliphatic carbocycles. The standard InChI is InChI=1S/C42H49F13O3.F2/c1-4-6-7-8-9-10-23-57-34-21-15-31(16-22-34)32(25-28(5-2)30-11-17-33(56)18-12-30)24-27(3)29-13-19-35(20-14-29)58-26-36(40(49,50)51)38(45,46)41(52,53)42(54,55)39(47,48)37(43)44;1-2/h11-22,27-28,32,36-37,56H,4-10,23-26H2,1-3H3;. The Hall–Kier alpha value is -3.99. The summed E-state index contributed by atoms with van der Waals surface area (Å²) >= 11 is 0. The first-order chi connectivity index (χ1) is 28.0. The molecule has 0 saturated carbocycles. The smallest absolute Gasteiger partial charge is 0.401 e. The normalized spacial score (nSPS) is 14.8. The van der Waals surface area contributed by atoms with Crippen LogP contribution in [0.25, 0.3) is 0 Å². The minimum atomic E-state index is -7.58. The fraction of sp³-hybridized carbons (Fsp3) is 0.571. The summed E-state index contributed by atoms with van der Waals surface area (Å²) in [5, 5.41) is 9.81. The summed E-state index contributed by atoms with van der Waals surface area (Å²) in [5.74, 6) is -34.1. The van der Waals surface area contributed by atoms with E-state index in [4.69, 9.17) is 13.9 Å². The number of alkyl halides is 13. The third-order valence-electron chi connectivity index (χ3n) is 10.4. The van der Waals surface area contributed by atoms with Crippen molar-refractivity contribution in [2.45, 2.75) is 133 Å². The monoisotopic (exact) mass is 886 g/mol. The van der Waals surface area contributed by atoms with Crippen LogP contribution in [-0.4, -0.2) is 54.6 Å². The molecule has 340 valence electrons. The van der Waals surface area contributed by atoms with Crippen LogP contribution in [0, 0.1) is 5.92 Å². The third kappa shape index (κ3) is 13.3. The molecule has 18 heteroatoms. The lowest BCUT2D eigenvalue weighted by molar-refractivity contribution is -0.406. The fourth-order valence-electron chi connectivity index (χ4n) is 6.72. The van der Waals surface area contributed by atoms with Crippen LogP contribution in [0.2, 0.25) is 0 Å². The number of ether oxygens (including phenoxy) is 2. The molecule has 0 bridgehead atoms. The van der Waals surface area contributed by atoms with Gasteiger partial charge in [-0.15, -0.1) is 0 Å². The molecule has 1 N–H and O–H groups in total. The van der Waals surface area contributed by atoms with E-state index in [0.29, 0.717) is 30.8 Å². The van der Waals surface area contributed by atoms with Crippen LogP contribution in [0.1, 0.15) is 113 Å². The molecule has 0 aliphatic rings. The number of unbranched alkanes of at least 4 members (excludes halogenated alkanes) is 5. The van der Waals surface area contributed by atoms with Crippen LogP contribution in [0.5, 0.6) is 17.2 Å². The van der Waals surface area contributed by atoms with Gasteiger partial charge in [0.25, 0.3) is 0 Å². The second-order valence-corrected chi connectivity index (χ2v) is 14.6. The third-order valence-corrected chi connectivity index (χ3v) is 10.4. The molecule has 3 aromatic carbocycles. The summed E-state index contributed by atoms with van der Waals surface area (Å²) in [6.45, 7) is 4.18. The number of phenols is 1. The van der Waals surface area contributed by atoms with Crippen molar-refractivity contribution in [1.82, 2.24) is 0 Å². The van der Waals surface area contributed by atoms with Crippen molar-refractivity contribution in [3.63, 3.8) is 0 Å². The van der Waals surface area contributed by atoms with E-state index in [1.165, 1.54) is 25.0 Å². The Morgan fingerprint density at radius 3 is 1.50 bits per heavy atom. The molecule has 60 heavy (non-hydrogen) atoms. The largest absolute Gasteiger partial charge is 0.508 e. The van der Waals surface area contributed by atoms with Crippen molar-refractivity contribution in [1.29, 1.82) is 0 Å². The first kappa shape index (κ1) is 52.1. The summed E-state index contributed by atoms with van der Waals surface area (Å²) in [7, 11) is 0. The van der Waals surface area contributed by atoms with Crippen molar-refractivity contribution in [2.75, 3.05) is 13.2 Å². The first-order valence-corrected chi connectivity index (χ1v) is 19.3. The predicted molar refractivity (Wildman–Crippen MR) is 196 cm³/mol. The van der Waals surface area contributed by atoms with Crippen molar-refractivity contribution in [3.05, 3.63) is 89.5 Å². The van der Waals surface area contributed by atoms with E-state index in [0.717, 1.165) is 55.4 Å². The summed E-state index contributed by atoms with van der Waals surface area (Å²) < 4.78 is 204. The topological polar surface area (TPSA) is 38.7 Å². The summed E-state index contributed by atoms with van der Waals surface area (Å²) in [5.41, 5.74) is 2.60. The van der Waals surface area contributed by atoms with E-state index < -0.39 is 54.6 Å². The van der Waals surface area contributed by atoms with Gasteiger partial charge < -0.3 is 14.6 Å². The Morgan fingerprint density at radius 1 is 0.550 bits per heavy atom. The average molecular weight is 887 g/mol. The molecule has 0 saturated heterocycles. The second-order valence-electron chi connectivity index (χ2n) is 14.6. The molecule has 0 spiro atoms. The predicted octanol–water partition coefficient (Wildman–Crippen LogP) is 15.2. The Morgan fingerprint density at radius 2 is 1.00 bits per heavy atom. The highest BCUT2D eigenvalue weighted by molar-refractivity contribution is 5.34. The van der Waals surface area contributed by atoms with Gasteiger partial charge >= 0.3 is 36.3 Å². The summed E-state index contributed by atoms with van der Waals surface area (Å²) in [6.07, 6.45) is -3.38. The molecule has 4 atom stereocenters. The van der Waals surface area contributed by atoms with Gasteiger partial charge in [0.2, 0.25) is 0 Å².